The molecule has 1 heterocycles. The van der Waals surface area contributed by atoms with E-state index in [1.165, 1.54) is 24.5 Å². The minimum absolute atomic E-state index is 0.0132. The Kier molecular flexibility index (Phi) is 8.01. The zero-order chi connectivity index (χ0) is 20.6. The number of nitrogens with one attached hydrogen (secondary N) is 2. The number of nitrogens with zero attached hydrogens (tertiary/aromatic N) is 1. The van der Waals surface area contributed by atoms with Crippen LogP contribution in [0.1, 0.15) is 25.0 Å². The molecule has 2 rings (SSSR count). The molecule has 0 fully saturated rings. The summed E-state index contributed by atoms with van der Waals surface area (Å²) in [5.74, 6) is 0.885. The highest BCUT2D eigenvalue weighted by Gasteiger charge is 2.23. The highest BCUT2D eigenvalue weighted by Crippen LogP contribution is 2.27. The number of ether oxygens (including phenoxy) is 2. The number of aliphatic hydroxyl groups is 1. The van der Waals surface area contributed by atoms with Gasteiger partial charge < -0.3 is 25.2 Å². The molecule has 1 aromatic carbocycles. The van der Waals surface area contributed by atoms with Gasteiger partial charge in [0, 0.05) is 18.2 Å². The third-order valence-corrected chi connectivity index (χ3v) is 4.67. The normalized spacial score (nSPS) is 13.9. The monoisotopic (exact) mass is 413 g/mol. The molecule has 3 N–H and O–H groups in total. The van der Waals surface area contributed by atoms with Crippen LogP contribution < -0.4 is 20.1 Å². The molecule has 0 saturated heterocycles. The number of benzene rings is 1. The van der Waals surface area contributed by atoms with Crippen molar-refractivity contribution < 1.29 is 23.4 Å². The minimum Gasteiger partial charge on any atom is -0.497 e. The van der Waals surface area contributed by atoms with Crippen LogP contribution >= 0.6 is 11.3 Å². The fourth-order valence-corrected chi connectivity index (χ4v) is 3.22. The van der Waals surface area contributed by atoms with Crippen LogP contribution in [0.3, 0.4) is 0 Å². The van der Waals surface area contributed by atoms with E-state index < -0.39 is 12.2 Å². The summed E-state index contributed by atoms with van der Waals surface area (Å²) in [4.78, 5) is 4.41. The maximum Gasteiger partial charge on any atom is 0.387 e. The zero-order valence-corrected chi connectivity index (χ0v) is 16.9. The third-order valence-electron chi connectivity index (χ3n) is 3.99. The number of rotatable bonds is 9. The lowest BCUT2D eigenvalue weighted by Gasteiger charge is -2.24. The van der Waals surface area contributed by atoms with Crippen molar-refractivity contribution in [2.24, 2.45) is 4.99 Å². The van der Waals surface area contributed by atoms with E-state index in [4.69, 9.17) is 4.74 Å². The van der Waals surface area contributed by atoms with E-state index in [2.05, 4.69) is 20.4 Å². The van der Waals surface area contributed by atoms with Crippen LogP contribution in [0, 0.1) is 0 Å². The molecule has 0 radical (unpaired) electrons. The summed E-state index contributed by atoms with van der Waals surface area (Å²) in [6.45, 7) is 1.63. The summed E-state index contributed by atoms with van der Waals surface area (Å²) < 4.78 is 35.0. The molecule has 0 saturated carbocycles. The van der Waals surface area contributed by atoms with Gasteiger partial charge in [0.2, 0.25) is 0 Å². The molecule has 0 bridgehead atoms. The molecule has 28 heavy (non-hydrogen) atoms. The van der Waals surface area contributed by atoms with E-state index in [1.807, 2.05) is 23.8 Å². The smallest absolute Gasteiger partial charge is 0.387 e. The second-order valence-electron chi connectivity index (χ2n) is 6.19. The number of hydrogen-bond donors (Lipinski definition) is 3. The Bertz CT molecular complexity index is 768. The molecule has 2 aromatic rings. The predicted molar refractivity (Wildman–Crippen MR) is 106 cm³/mol. The van der Waals surface area contributed by atoms with Gasteiger partial charge in [0.1, 0.15) is 17.1 Å². The standard InChI is InChI=1S/C19H25F2N3O3S/c1-4-22-18(24-12-19(2,25)14-7-8-28-11-14)23-10-13-5-6-15(26-3)9-16(13)27-17(20)21/h5-9,11,17,25H,4,10,12H2,1-3H3,(H2,22,23,24). The topological polar surface area (TPSA) is 75.1 Å². The summed E-state index contributed by atoms with van der Waals surface area (Å²) in [5, 5.41) is 20.6. The Balaban J connectivity index is 2.11. The van der Waals surface area contributed by atoms with Crippen LogP contribution in [0.2, 0.25) is 0 Å². The molecule has 6 nitrogen and oxygen atoms in total. The lowest BCUT2D eigenvalue weighted by atomic mass is 9.99. The van der Waals surface area contributed by atoms with Gasteiger partial charge in [-0.2, -0.15) is 20.1 Å². The molecule has 1 unspecified atom stereocenters. The van der Waals surface area contributed by atoms with E-state index in [9.17, 15) is 13.9 Å². The van der Waals surface area contributed by atoms with Gasteiger partial charge in [-0.25, -0.2) is 4.99 Å². The van der Waals surface area contributed by atoms with Crippen molar-refractivity contribution in [3.05, 3.63) is 46.2 Å². The van der Waals surface area contributed by atoms with Gasteiger partial charge in [0.05, 0.1) is 20.2 Å². The molecule has 1 aromatic heterocycles. The van der Waals surface area contributed by atoms with Crippen LogP contribution in [0.15, 0.2) is 40.0 Å². The second kappa shape index (κ2) is 10.2. The maximum absolute atomic E-state index is 12.7. The molecule has 0 spiro atoms. The molecule has 1 atom stereocenters. The van der Waals surface area contributed by atoms with Gasteiger partial charge >= 0.3 is 6.61 Å². The maximum atomic E-state index is 12.7. The Morgan fingerprint density at radius 2 is 2.11 bits per heavy atom. The van der Waals surface area contributed by atoms with Gasteiger partial charge in [-0.05, 0) is 48.4 Å². The average Bonchev–Trinajstić information content (AvgIpc) is 3.20. The van der Waals surface area contributed by atoms with E-state index in [-0.39, 0.29) is 18.8 Å². The van der Waals surface area contributed by atoms with Gasteiger partial charge in [0.25, 0.3) is 0 Å². The first-order valence-corrected chi connectivity index (χ1v) is 9.69. The minimum atomic E-state index is -2.94. The summed E-state index contributed by atoms with van der Waals surface area (Å²) in [6.07, 6.45) is 0. The fraction of sp³-hybridized carbons (Fsp3) is 0.421. The van der Waals surface area contributed by atoms with Crippen molar-refractivity contribution in [2.45, 2.75) is 32.6 Å². The van der Waals surface area contributed by atoms with Crippen molar-refractivity contribution in [1.82, 2.24) is 10.6 Å². The Morgan fingerprint density at radius 1 is 1.32 bits per heavy atom. The number of halogens is 2. The van der Waals surface area contributed by atoms with Crippen molar-refractivity contribution in [3.63, 3.8) is 0 Å². The van der Waals surface area contributed by atoms with Crippen LogP contribution in [0.25, 0.3) is 0 Å². The molecule has 0 aliphatic rings. The number of methoxy groups -OCH3 is 1. The SMILES string of the molecule is CCNC(=NCc1ccc(OC)cc1OC(F)F)NCC(C)(O)c1ccsc1. The predicted octanol–water partition coefficient (Wildman–Crippen LogP) is 3.32. The first-order valence-electron chi connectivity index (χ1n) is 8.74. The number of guanidine groups is 1. The zero-order valence-electron chi connectivity index (χ0n) is 16.0. The lowest BCUT2D eigenvalue weighted by Crippen LogP contribution is -2.44. The highest BCUT2D eigenvalue weighted by molar-refractivity contribution is 7.08. The van der Waals surface area contributed by atoms with Gasteiger partial charge in [-0.15, -0.1) is 0 Å². The van der Waals surface area contributed by atoms with E-state index in [0.717, 1.165) is 5.56 Å². The van der Waals surface area contributed by atoms with E-state index in [1.54, 1.807) is 19.1 Å². The summed E-state index contributed by atoms with van der Waals surface area (Å²) in [7, 11) is 1.45. The van der Waals surface area contributed by atoms with Crippen LogP contribution in [0.5, 0.6) is 11.5 Å². The third kappa shape index (κ3) is 6.35. The van der Waals surface area contributed by atoms with Crippen LogP contribution in [0.4, 0.5) is 8.78 Å². The Labute approximate surface area is 167 Å². The van der Waals surface area contributed by atoms with E-state index >= 15 is 0 Å². The van der Waals surface area contributed by atoms with Crippen LogP contribution in [-0.2, 0) is 12.1 Å². The second-order valence-corrected chi connectivity index (χ2v) is 6.97. The highest BCUT2D eigenvalue weighted by atomic mass is 32.1. The van der Waals surface area contributed by atoms with E-state index in [0.29, 0.717) is 23.8 Å². The molecular formula is C19H25F2N3O3S. The number of hydrogen-bond acceptors (Lipinski definition) is 5. The number of alkyl halides is 2. The molecule has 154 valence electrons. The number of thiophene rings is 1. The van der Waals surface area contributed by atoms with Crippen LogP contribution in [-0.4, -0.2) is 37.9 Å². The molecule has 0 amide bonds. The largest absolute Gasteiger partial charge is 0.497 e. The fourth-order valence-electron chi connectivity index (χ4n) is 2.43. The Morgan fingerprint density at radius 3 is 2.71 bits per heavy atom. The molecule has 0 aliphatic carbocycles. The van der Waals surface area contributed by atoms with Crippen molar-refractivity contribution in [3.8, 4) is 11.5 Å². The quantitative estimate of drug-likeness (QED) is 0.434. The Hall–Kier alpha value is -2.39. The van der Waals surface area contributed by atoms with Gasteiger partial charge in [-0.3, -0.25) is 0 Å². The van der Waals surface area contributed by atoms with Gasteiger partial charge in [-0.1, -0.05) is 0 Å². The summed E-state index contributed by atoms with van der Waals surface area (Å²) >= 11 is 1.51. The van der Waals surface area contributed by atoms with Gasteiger partial charge in [0.15, 0.2) is 5.96 Å². The lowest BCUT2D eigenvalue weighted by molar-refractivity contribution is -0.0505. The van der Waals surface area contributed by atoms with Crippen molar-refractivity contribution in [1.29, 1.82) is 0 Å². The van der Waals surface area contributed by atoms with Crippen molar-refractivity contribution >= 4 is 17.3 Å². The molecule has 9 heteroatoms. The average molecular weight is 413 g/mol. The molecule has 0 aliphatic heterocycles. The summed E-state index contributed by atoms with van der Waals surface area (Å²) in [6, 6.07) is 6.55. The summed E-state index contributed by atoms with van der Waals surface area (Å²) in [5.41, 5.74) is 0.229. The first kappa shape index (κ1) is 21.9. The molecular weight excluding hydrogens is 388 g/mol. The number of aliphatic imine (C=N–C) groups is 1. The first-order chi connectivity index (χ1) is 13.4. The van der Waals surface area contributed by atoms with Crippen molar-refractivity contribution in [2.75, 3.05) is 20.2 Å².